The number of aliphatic hydroxyl groups excluding tert-OH is 2. The van der Waals surface area contributed by atoms with Gasteiger partial charge in [0.15, 0.2) is 0 Å². The molecule has 0 aliphatic carbocycles. The van der Waals surface area contributed by atoms with E-state index in [-0.39, 0.29) is 20.6 Å². The predicted molar refractivity (Wildman–Crippen MR) is 229 cm³/mol. The van der Waals surface area contributed by atoms with E-state index in [1.54, 1.807) is 67.0 Å². The van der Waals surface area contributed by atoms with Gasteiger partial charge in [-0.25, -0.2) is 4.98 Å². The summed E-state index contributed by atoms with van der Waals surface area (Å²) in [5.74, 6) is 3.25. The second-order valence-corrected chi connectivity index (χ2v) is 12.5. The average molecular weight is 812 g/mol. The standard InChI is InChI=1S/C20H17ClN4O2.C13H15N3O2.C7H4ClNS.CH4/c1-25-19-7-6-16(27-17-8-9-22-15(10-17)12-26)11-18(19)24-20(25)23-14-4-2-13(21)3-5-14;1-15-13-3-2-10(7-12(13)14)18-11-4-5-16-9(6-11)8-17;8-6-1-3-7(4-2-6)9-5-10;/h2-11,26H,12H2,1H3,(H,23,24);2-7,15,17H,8,14H2,1H3;1-4H;1H4. The van der Waals surface area contributed by atoms with Crippen molar-refractivity contribution in [3.05, 3.63) is 143 Å². The largest absolute Gasteiger partial charge is 0.457 e. The fourth-order valence-electron chi connectivity index (χ4n) is 4.90. The summed E-state index contributed by atoms with van der Waals surface area (Å²) >= 11 is 16.0. The molecule has 4 aromatic carbocycles. The van der Waals surface area contributed by atoms with Crippen LogP contribution < -0.4 is 25.8 Å². The highest BCUT2D eigenvalue weighted by Crippen LogP contribution is 2.30. The molecular weight excluding hydrogens is 771 g/mol. The van der Waals surface area contributed by atoms with E-state index in [0.29, 0.717) is 50.1 Å². The summed E-state index contributed by atoms with van der Waals surface area (Å²) in [6.07, 6.45) is 3.19. The molecule has 0 atom stereocenters. The minimum atomic E-state index is -0.129. The lowest BCUT2D eigenvalue weighted by atomic mass is 10.2. The first-order chi connectivity index (χ1) is 26.7. The first-order valence-electron chi connectivity index (χ1n) is 16.5. The van der Waals surface area contributed by atoms with Crippen molar-refractivity contribution >= 4 is 80.3 Å². The molecule has 3 heterocycles. The number of fused-ring (bicyclic) bond motifs is 1. The quantitative estimate of drug-likeness (QED) is 0.0507. The van der Waals surface area contributed by atoms with Crippen LogP contribution in [0.25, 0.3) is 11.0 Å². The number of nitrogens with two attached hydrogens (primary N) is 1. The number of halogens is 2. The molecule has 6 N–H and O–H groups in total. The van der Waals surface area contributed by atoms with Gasteiger partial charge in [0.25, 0.3) is 0 Å². The second kappa shape index (κ2) is 21.1. The number of aliphatic imine (C=N–C) groups is 1. The van der Waals surface area contributed by atoms with Gasteiger partial charge in [0, 0.05) is 66.5 Å². The molecule has 15 heteroatoms. The highest BCUT2D eigenvalue weighted by molar-refractivity contribution is 7.78. The van der Waals surface area contributed by atoms with Gasteiger partial charge < -0.3 is 40.6 Å². The number of imidazole rings is 1. The number of pyridine rings is 2. The first-order valence-corrected chi connectivity index (χ1v) is 17.7. The zero-order valence-corrected chi connectivity index (χ0v) is 32.0. The highest BCUT2D eigenvalue weighted by Gasteiger charge is 2.10. The van der Waals surface area contributed by atoms with Crippen molar-refractivity contribution in [2.45, 2.75) is 20.6 Å². The Balaban J connectivity index is 0.000000207. The average Bonchev–Trinajstić information content (AvgIpc) is 3.50. The summed E-state index contributed by atoms with van der Waals surface area (Å²) in [6, 6.07) is 32.5. The molecule has 0 fully saturated rings. The van der Waals surface area contributed by atoms with Gasteiger partial charge in [0.1, 0.15) is 23.0 Å². The first kappa shape index (κ1) is 42.7. The summed E-state index contributed by atoms with van der Waals surface area (Å²) < 4.78 is 13.5. The number of nitrogens with one attached hydrogen (secondary N) is 2. The van der Waals surface area contributed by atoms with Gasteiger partial charge in [-0.15, -0.1) is 0 Å². The maximum absolute atomic E-state index is 9.19. The van der Waals surface area contributed by atoms with Crippen LogP contribution in [0.15, 0.2) is 127 Å². The number of thiocarbonyl (C=S) groups is 1. The van der Waals surface area contributed by atoms with E-state index in [4.69, 9.17) is 43.5 Å². The Labute approximate surface area is 340 Å². The number of benzene rings is 4. The van der Waals surface area contributed by atoms with Gasteiger partial charge in [0.05, 0.1) is 57.9 Å². The Morgan fingerprint density at radius 2 is 1.30 bits per heavy atom. The van der Waals surface area contributed by atoms with E-state index in [1.807, 2.05) is 73.3 Å². The summed E-state index contributed by atoms with van der Waals surface area (Å²) in [5, 5.41) is 28.1. The Kier molecular flexibility index (Phi) is 16.1. The molecule has 0 saturated heterocycles. The molecule has 56 heavy (non-hydrogen) atoms. The van der Waals surface area contributed by atoms with Crippen molar-refractivity contribution in [3.8, 4) is 23.0 Å². The number of aliphatic hydroxyl groups is 2. The molecule has 7 aromatic rings. The van der Waals surface area contributed by atoms with Gasteiger partial charge in [-0.05, 0) is 97.1 Å². The molecular formula is C41H40Cl2N8O4S. The maximum Gasteiger partial charge on any atom is 0.208 e. The third-order valence-corrected chi connectivity index (χ3v) is 8.21. The van der Waals surface area contributed by atoms with Gasteiger partial charge >= 0.3 is 0 Å². The van der Waals surface area contributed by atoms with Gasteiger partial charge in [-0.1, -0.05) is 30.6 Å². The van der Waals surface area contributed by atoms with Crippen LogP contribution in [-0.2, 0) is 20.3 Å². The van der Waals surface area contributed by atoms with E-state index >= 15 is 0 Å². The number of aryl methyl sites for hydroxylation is 1. The number of nitrogens with zero attached hydrogens (tertiary/aromatic N) is 5. The third-order valence-electron chi connectivity index (χ3n) is 7.62. The summed E-state index contributed by atoms with van der Waals surface area (Å²) in [5.41, 5.74) is 11.9. The van der Waals surface area contributed by atoms with Crippen LogP contribution in [-0.4, -0.2) is 41.9 Å². The van der Waals surface area contributed by atoms with Crippen molar-refractivity contribution in [2.24, 2.45) is 12.0 Å². The molecule has 7 rings (SSSR count). The van der Waals surface area contributed by atoms with E-state index in [1.165, 1.54) is 0 Å². The molecule has 0 amide bonds. The number of rotatable bonds is 10. The molecule has 288 valence electrons. The second-order valence-electron chi connectivity index (χ2n) is 11.4. The van der Waals surface area contributed by atoms with Crippen LogP contribution in [0, 0.1) is 0 Å². The van der Waals surface area contributed by atoms with Gasteiger partial charge in [-0.3, -0.25) is 9.97 Å². The lowest BCUT2D eigenvalue weighted by Gasteiger charge is -2.09. The maximum atomic E-state index is 9.19. The topological polar surface area (TPSA) is 165 Å². The van der Waals surface area contributed by atoms with E-state index in [9.17, 15) is 5.11 Å². The van der Waals surface area contributed by atoms with Crippen LogP contribution in [0.3, 0.4) is 0 Å². The lowest BCUT2D eigenvalue weighted by Crippen LogP contribution is -1.98. The van der Waals surface area contributed by atoms with Gasteiger partial charge in [0.2, 0.25) is 5.95 Å². The Bertz CT molecular complexity index is 2390. The summed E-state index contributed by atoms with van der Waals surface area (Å²) in [7, 11) is 3.76. The van der Waals surface area contributed by atoms with Crippen LogP contribution in [0.5, 0.6) is 23.0 Å². The zero-order valence-electron chi connectivity index (χ0n) is 29.6. The molecule has 3 aromatic heterocycles. The number of hydrogen-bond donors (Lipinski definition) is 5. The molecule has 0 unspecified atom stereocenters. The van der Waals surface area contributed by atoms with Crippen molar-refractivity contribution in [1.29, 1.82) is 0 Å². The molecule has 0 bridgehead atoms. The van der Waals surface area contributed by atoms with E-state index < -0.39 is 0 Å². The predicted octanol–water partition coefficient (Wildman–Crippen LogP) is 10.4. The molecule has 12 nitrogen and oxygen atoms in total. The number of aromatic nitrogens is 4. The minimum Gasteiger partial charge on any atom is -0.457 e. The third kappa shape index (κ3) is 12.2. The number of nitrogen functional groups attached to an aromatic ring is 1. The van der Waals surface area contributed by atoms with Crippen LogP contribution in [0.1, 0.15) is 18.8 Å². The normalized spacial score (nSPS) is 10.0. The number of hydrogen-bond acceptors (Lipinski definition) is 12. The van der Waals surface area contributed by atoms with Crippen molar-refractivity contribution in [1.82, 2.24) is 19.5 Å². The molecule has 0 aliphatic rings. The van der Waals surface area contributed by atoms with E-state index in [0.717, 1.165) is 34.0 Å². The Morgan fingerprint density at radius 3 is 1.84 bits per heavy atom. The zero-order chi connectivity index (χ0) is 39.2. The number of isothiocyanates is 1. The lowest BCUT2D eigenvalue weighted by molar-refractivity contribution is 0.276. The number of ether oxygens (including phenoxy) is 2. The molecule has 0 radical (unpaired) electrons. The van der Waals surface area contributed by atoms with Crippen molar-refractivity contribution in [2.75, 3.05) is 23.4 Å². The minimum absolute atomic E-state index is 0. The van der Waals surface area contributed by atoms with Gasteiger partial charge in [-0.2, -0.15) is 4.99 Å². The SMILES string of the molecule is C.CNc1ccc(Oc2ccnc(CO)c2)cc1N.Cn1c(Nc2ccc(Cl)cc2)nc2cc(Oc3ccnc(CO)c3)ccc21.S=C=Nc1ccc(Cl)cc1. The number of anilines is 4. The molecule has 0 spiro atoms. The van der Waals surface area contributed by atoms with Crippen LogP contribution in [0.2, 0.25) is 10.0 Å². The Morgan fingerprint density at radius 1 is 0.768 bits per heavy atom. The van der Waals surface area contributed by atoms with E-state index in [2.05, 4.69) is 48.0 Å². The summed E-state index contributed by atoms with van der Waals surface area (Å²) in [6.45, 7) is -0.242. The van der Waals surface area contributed by atoms with Crippen LogP contribution in [0.4, 0.5) is 28.7 Å². The monoisotopic (exact) mass is 810 g/mol. The van der Waals surface area contributed by atoms with Crippen molar-refractivity contribution in [3.63, 3.8) is 0 Å². The molecule has 0 saturated carbocycles. The highest BCUT2D eigenvalue weighted by atomic mass is 35.5. The molecule has 0 aliphatic heterocycles. The van der Waals surface area contributed by atoms with Crippen LogP contribution >= 0.6 is 35.4 Å². The summed E-state index contributed by atoms with van der Waals surface area (Å²) in [4.78, 5) is 16.4. The fraction of sp³-hybridized carbons (Fsp3) is 0.122. The smallest absolute Gasteiger partial charge is 0.208 e. The van der Waals surface area contributed by atoms with Crippen molar-refractivity contribution < 1.29 is 19.7 Å². The fourth-order valence-corrected chi connectivity index (χ4v) is 5.26. The Hall–Kier alpha value is -6.05.